The normalized spacial score (nSPS) is 14.0. The predicted molar refractivity (Wildman–Crippen MR) is 307 cm³/mol. The second-order valence-electron chi connectivity index (χ2n) is 20.8. The fourth-order valence-corrected chi connectivity index (χ4v) is 13.0. The minimum absolute atomic E-state index is 0.00509. The zero-order valence-corrected chi connectivity index (χ0v) is 50.4. The van der Waals surface area contributed by atoms with Crippen LogP contribution in [0.3, 0.4) is 0 Å². The number of carboxylic acid groups (broad SMARTS) is 1. The Bertz CT molecular complexity index is 3420. The quantitative estimate of drug-likeness (QED) is 0.0642. The van der Waals surface area contributed by atoms with E-state index in [0.29, 0.717) is 69.5 Å². The summed E-state index contributed by atoms with van der Waals surface area (Å²) in [6, 6.07) is 23.4. The molecular formula is C60H74F4N6O12S2. The first-order valence-electron chi connectivity index (χ1n) is 27.2. The van der Waals surface area contributed by atoms with E-state index in [1.165, 1.54) is 85.7 Å². The summed E-state index contributed by atoms with van der Waals surface area (Å²) in [4.78, 5) is 41.9. The molecule has 2 aliphatic heterocycles. The second-order valence-corrected chi connectivity index (χ2v) is 24.8. The number of amides is 2. The number of carbonyl (C=O) groups is 3. The number of furan rings is 2. The summed E-state index contributed by atoms with van der Waals surface area (Å²) in [6.07, 6.45) is 2.50. The third-order valence-electron chi connectivity index (χ3n) is 14.3. The van der Waals surface area contributed by atoms with E-state index < -0.39 is 38.1 Å². The molecule has 6 aromatic rings. The van der Waals surface area contributed by atoms with Crippen molar-refractivity contribution in [2.24, 2.45) is 0 Å². The average Bonchev–Trinajstić information content (AvgIpc) is 3.02. The lowest BCUT2D eigenvalue weighted by atomic mass is 10.1. The van der Waals surface area contributed by atoms with Crippen molar-refractivity contribution in [3.8, 4) is 11.5 Å². The molecule has 0 saturated carbocycles. The molecule has 0 radical (unpaired) electrons. The highest BCUT2D eigenvalue weighted by atomic mass is 32.2. The maximum atomic E-state index is 14.4. The lowest BCUT2D eigenvalue weighted by Gasteiger charge is -2.21. The number of likely N-dealkylation sites (tertiary alicyclic amines) is 2. The molecule has 2 aliphatic rings. The van der Waals surface area contributed by atoms with Gasteiger partial charge in [-0.25, -0.2) is 26.0 Å². The van der Waals surface area contributed by atoms with Crippen LogP contribution >= 0.6 is 0 Å². The van der Waals surface area contributed by atoms with Gasteiger partial charge in [0.2, 0.25) is 20.0 Å². The van der Waals surface area contributed by atoms with Crippen LogP contribution in [-0.2, 0) is 64.1 Å². The fraction of sp³-hybridized carbons (Fsp3) is 0.417. The second kappa shape index (κ2) is 29.1. The highest BCUT2D eigenvalue weighted by molar-refractivity contribution is 7.89. The smallest absolute Gasteiger partial charge is 0.490 e. The number of aliphatic carboxylic acids is 1. The lowest BCUT2D eigenvalue weighted by Crippen LogP contribution is -2.30. The van der Waals surface area contributed by atoms with Crippen LogP contribution in [-0.4, -0.2) is 130 Å². The molecule has 8 rings (SSSR count). The zero-order chi connectivity index (χ0) is 61.7. The van der Waals surface area contributed by atoms with Crippen molar-refractivity contribution < 1.29 is 72.2 Å². The van der Waals surface area contributed by atoms with E-state index in [1.54, 1.807) is 82.2 Å². The Labute approximate surface area is 489 Å². The van der Waals surface area contributed by atoms with Crippen LogP contribution in [0.4, 0.5) is 17.6 Å². The van der Waals surface area contributed by atoms with E-state index >= 15 is 0 Å². The Morgan fingerprint density at radius 1 is 0.631 bits per heavy atom. The van der Waals surface area contributed by atoms with Gasteiger partial charge in [0.25, 0.3) is 11.8 Å². The Morgan fingerprint density at radius 2 is 1.04 bits per heavy atom. The minimum Gasteiger partial charge on any atom is -0.497 e. The summed E-state index contributed by atoms with van der Waals surface area (Å²) in [5.41, 5.74) is 6.77. The minimum atomic E-state index is -5.08. The zero-order valence-electron chi connectivity index (χ0n) is 48.8. The molecule has 4 aromatic carbocycles. The number of hydrogen-bond acceptors (Lipinski definition) is 13. The predicted octanol–water partition coefficient (Wildman–Crippen LogP) is 10.0. The van der Waals surface area contributed by atoms with Gasteiger partial charge in [0.1, 0.15) is 41.4 Å². The Hall–Kier alpha value is -7.09. The monoisotopic (exact) mass is 1210 g/mol. The van der Waals surface area contributed by atoms with Gasteiger partial charge in [-0.3, -0.25) is 19.4 Å². The van der Waals surface area contributed by atoms with E-state index in [2.05, 4.69) is 39.4 Å². The molecule has 456 valence electrons. The fourth-order valence-electron chi connectivity index (χ4n) is 9.97. The number of ether oxygens (including phenoxy) is 2. The van der Waals surface area contributed by atoms with E-state index in [-0.39, 0.29) is 46.7 Å². The topological polar surface area (TPSA) is 213 Å². The van der Waals surface area contributed by atoms with Crippen molar-refractivity contribution >= 4 is 37.8 Å². The van der Waals surface area contributed by atoms with E-state index in [4.69, 9.17) is 28.2 Å². The third-order valence-corrected chi connectivity index (χ3v) is 18.5. The van der Waals surface area contributed by atoms with E-state index in [0.717, 1.165) is 50.4 Å². The average molecular weight is 1210 g/mol. The molecule has 2 amide bonds. The number of carboxylic acids is 1. The molecule has 0 bridgehead atoms. The lowest BCUT2D eigenvalue weighted by molar-refractivity contribution is -0.192. The number of halogens is 4. The number of alkyl halides is 3. The number of carbonyl (C=O) groups excluding carboxylic acids is 2. The molecule has 0 unspecified atom stereocenters. The van der Waals surface area contributed by atoms with Gasteiger partial charge in [0.15, 0.2) is 0 Å². The van der Waals surface area contributed by atoms with Gasteiger partial charge in [0.05, 0.1) is 48.2 Å². The molecule has 0 spiro atoms. The van der Waals surface area contributed by atoms with Gasteiger partial charge in [-0.15, -0.1) is 0 Å². The molecule has 84 heavy (non-hydrogen) atoms. The van der Waals surface area contributed by atoms with Gasteiger partial charge in [0, 0.05) is 52.4 Å². The summed E-state index contributed by atoms with van der Waals surface area (Å²) in [5.74, 6) is -1.82. The first kappa shape index (κ1) is 66.1. The van der Waals surface area contributed by atoms with Gasteiger partial charge in [-0.1, -0.05) is 30.3 Å². The Balaban J connectivity index is 0.000000242. The number of benzene rings is 4. The standard InChI is InChI=1S/C30H39N3O5S.C28H34FN3O5S.C2HF3O2/c1-6-33(19-25-11-9-24(10-12-25)18-32-13-7-8-14-32)30(34)26-17-28(38-21-26)20-31(4)39(35,36)29-22(2)15-27(37-5)16-23(29)3;1-19-11-24(36-4)12-20(2)27(19)38(34,35)31(3)17-25-14-23(18-37-25)28(33)30-15-22-13-21(7-8-26(22)29)16-32-9-5-6-10-32;3-2(4,5)1(6)7/h9-12,15-17,21H,6-8,13-14,18-20H2,1-5H3;7-8,11-14,18H,5-6,9-10,15-17H2,1-4H3,(H,30,33);(H,6,7). The number of methoxy groups -OCH3 is 2. The number of aryl methyl sites for hydroxylation is 4. The van der Waals surface area contributed by atoms with Crippen molar-refractivity contribution in [3.05, 3.63) is 164 Å². The van der Waals surface area contributed by atoms with Crippen LogP contribution in [0.25, 0.3) is 0 Å². The SMILES string of the molecule is CCN(Cc1ccc(CN2CCCC2)cc1)C(=O)c1coc(CN(C)S(=O)(=O)c2c(C)cc(OC)cc2C)c1.COc1cc(C)c(S(=O)(=O)N(C)Cc2cc(C(=O)NCc3cc(CN4CCCC4)ccc3F)co2)c(C)c1.O=C(O)C(F)(F)F. The molecular weight excluding hydrogens is 1140 g/mol. The van der Waals surface area contributed by atoms with Crippen LogP contribution in [0, 0.1) is 33.5 Å². The molecule has 2 N–H and O–H groups in total. The third kappa shape index (κ3) is 17.5. The van der Waals surface area contributed by atoms with Gasteiger partial charge in [-0.05, 0) is 174 Å². The van der Waals surface area contributed by atoms with E-state index in [1.807, 2.05) is 6.92 Å². The number of nitrogens with zero attached hydrogens (tertiary/aromatic N) is 5. The maximum Gasteiger partial charge on any atom is 0.490 e. The summed E-state index contributed by atoms with van der Waals surface area (Å²) in [5, 5.41) is 9.85. The Morgan fingerprint density at radius 3 is 1.46 bits per heavy atom. The first-order valence-corrected chi connectivity index (χ1v) is 30.1. The summed E-state index contributed by atoms with van der Waals surface area (Å²) >= 11 is 0. The molecule has 0 atom stereocenters. The largest absolute Gasteiger partial charge is 0.497 e. The molecule has 4 heterocycles. The van der Waals surface area contributed by atoms with Crippen molar-refractivity contribution in [1.29, 1.82) is 0 Å². The highest BCUT2D eigenvalue weighted by Crippen LogP contribution is 2.31. The van der Waals surface area contributed by atoms with Crippen LogP contribution in [0.15, 0.2) is 110 Å². The van der Waals surface area contributed by atoms with Gasteiger partial charge >= 0.3 is 12.1 Å². The van der Waals surface area contributed by atoms with Crippen LogP contribution in [0.1, 0.15) is 109 Å². The molecule has 2 fully saturated rings. The van der Waals surface area contributed by atoms with Crippen molar-refractivity contribution in [3.63, 3.8) is 0 Å². The van der Waals surface area contributed by atoms with Crippen molar-refractivity contribution in [2.75, 3.05) is 61.0 Å². The Kier molecular flexibility index (Phi) is 22.9. The van der Waals surface area contributed by atoms with Crippen LogP contribution in [0.2, 0.25) is 0 Å². The highest BCUT2D eigenvalue weighted by Gasteiger charge is 2.38. The number of nitrogens with one attached hydrogen (secondary N) is 1. The van der Waals surface area contributed by atoms with Gasteiger partial charge in [-0.2, -0.15) is 21.8 Å². The number of rotatable bonds is 21. The molecule has 24 heteroatoms. The molecule has 2 saturated heterocycles. The summed E-state index contributed by atoms with van der Waals surface area (Å²) < 4.78 is 123. The maximum absolute atomic E-state index is 14.4. The van der Waals surface area contributed by atoms with Crippen molar-refractivity contribution in [1.82, 2.24) is 28.6 Å². The number of hydrogen-bond donors (Lipinski definition) is 2. The van der Waals surface area contributed by atoms with Gasteiger partial charge < -0.3 is 33.6 Å². The molecule has 18 nitrogen and oxygen atoms in total. The van der Waals surface area contributed by atoms with Crippen LogP contribution < -0.4 is 14.8 Å². The molecule has 0 aliphatic carbocycles. The van der Waals surface area contributed by atoms with Crippen molar-refractivity contribution in [2.45, 2.75) is 116 Å². The number of sulfonamides is 2. The summed E-state index contributed by atoms with van der Waals surface area (Å²) in [6.45, 7) is 16.0. The van der Waals surface area contributed by atoms with Crippen LogP contribution in [0.5, 0.6) is 11.5 Å². The summed E-state index contributed by atoms with van der Waals surface area (Å²) in [7, 11) is -1.57. The first-order chi connectivity index (χ1) is 39.6. The molecule has 2 aromatic heterocycles. The van der Waals surface area contributed by atoms with E-state index in [9.17, 15) is 44.0 Å².